The predicted octanol–water partition coefficient (Wildman–Crippen LogP) is 4.70. The topological polar surface area (TPSA) is 64.9 Å². The molecule has 0 atom stereocenters. The minimum Gasteiger partial charge on any atom is -0.478 e. The SMILES string of the molecule is CC.CC(C)N(C)c1ccc(/C=N/Nc2cccc(C(=O)O)c2)cc1. The molecule has 0 saturated carbocycles. The lowest BCUT2D eigenvalue weighted by molar-refractivity contribution is 0.0697. The van der Waals surface area contributed by atoms with Crippen LogP contribution < -0.4 is 10.3 Å². The summed E-state index contributed by atoms with van der Waals surface area (Å²) in [5, 5.41) is 13.1. The minimum absolute atomic E-state index is 0.228. The van der Waals surface area contributed by atoms with Crippen molar-refractivity contribution in [3.05, 3.63) is 59.7 Å². The molecule has 0 bridgehead atoms. The van der Waals surface area contributed by atoms with E-state index in [4.69, 9.17) is 5.11 Å². The standard InChI is InChI=1S/C18H21N3O2.C2H6/c1-13(2)21(3)17-9-7-14(8-10-17)12-19-20-16-6-4-5-15(11-16)18(22)23;1-2/h4-13,20H,1-3H3,(H,22,23);1-2H3/b19-12+;. The largest absolute Gasteiger partial charge is 0.478 e. The first-order chi connectivity index (χ1) is 12.0. The third-order valence-corrected chi connectivity index (χ3v) is 3.59. The highest BCUT2D eigenvalue weighted by atomic mass is 16.4. The van der Waals surface area contributed by atoms with Gasteiger partial charge in [-0.25, -0.2) is 4.79 Å². The summed E-state index contributed by atoms with van der Waals surface area (Å²) < 4.78 is 0. The number of anilines is 2. The fourth-order valence-electron chi connectivity index (χ4n) is 2.00. The van der Waals surface area contributed by atoms with Crippen molar-refractivity contribution in [3.63, 3.8) is 0 Å². The second kappa shape index (κ2) is 10.1. The van der Waals surface area contributed by atoms with Gasteiger partial charge in [0.25, 0.3) is 0 Å². The van der Waals surface area contributed by atoms with Crippen LogP contribution in [0.4, 0.5) is 11.4 Å². The highest BCUT2D eigenvalue weighted by molar-refractivity contribution is 5.89. The Labute approximate surface area is 150 Å². The van der Waals surface area contributed by atoms with Gasteiger partial charge in [0.15, 0.2) is 0 Å². The Morgan fingerprint density at radius 3 is 2.36 bits per heavy atom. The molecule has 0 fully saturated rings. The third-order valence-electron chi connectivity index (χ3n) is 3.59. The molecule has 2 rings (SSSR count). The van der Waals surface area contributed by atoms with Gasteiger partial charge in [-0.3, -0.25) is 5.43 Å². The quantitative estimate of drug-likeness (QED) is 0.590. The zero-order chi connectivity index (χ0) is 18.8. The summed E-state index contributed by atoms with van der Waals surface area (Å²) >= 11 is 0. The Morgan fingerprint density at radius 2 is 1.80 bits per heavy atom. The van der Waals surface area contributed by atoms with Crippen molar-refractivity contribution < 1.29 is 9.90 Å². The van der Waals surface area contributed by atoms with Crippen molar-refractivity contribution in [3.8, 4) is 0 Å². The molecule has 0 unspecified atom stereocenters. The van der Waals surface area contributed by atoms with Crippen molar-refractivity contribution in [2.45, 2.75) is 33.7 Å². The maximum atomic E-state index is 10.9. The van der Waals surface area contributed by atoms with Crippen LogP contribution in [0.5, 0.6) is 0 Å². The van der Waals surface area contributed by atoms with Crippen LogP contribution in [0.3, 0.4) is 0 Å². The number of benzene rings is 2. The van der Waals surface area contributed by atoms with Gasteiger partial charge in [0.05, 0.1) is 17.5 Å². The molecule has 2 aromatic rings. The van der Waals surface area contributed by atoms with Crippen LogP contribution in [0.25, 0.3) is 0 Å². The van der Waals surface area contributed by atoms with Crippen LogP contribution in [-0.4, -0.2) is 30.4 Å². The van der Waals surface area contributed by atoms with Gasteiger partial charge < -0.3 is 10.0 Å². The van der Waals surface area contributed by atoms with E-state index < -0.39 is 5.97 Å². The normalized spacial score (nSPS) is 10.3. The second-order valence-corrected chi connectivity index (χ2v) is 5.55. The molecule has 0 aliphatic rings. The zero-order valence-corrected chi connectivity index (χ0v) is 15.5. The fourth-order valence-corrected chi connectivity index (χ4v) is 2.00. The van der Waals surface area contributed by atoms with E-state index in [0.717, 1.165) is 11.3 Å². The van der Waals surface area contributed by atoms with Crippen LogP contribution in [0.15, 0.2) is 53.6 Å². The number of nitrogens with zero attached hydrogens (tertiary/aromatic N) is 2. The smallest absolute Gasteiger partial charge is 0.335 e. The first-order valence-electron chi connectivity index (χ1n) is 8.42. The summed E-state index contributed by atoms with van der Waals surface area (Å²) in [6.45, 7) is 8.29. The van der Waals surface area contributed by atoms with Crippen LogP contribution in [0.2, 0.25) is 0 Å². The number of carboxylic acid groups (broad SMARTS) is 1. The molecule has 0 aliphatic heterocycles. The Balaban J connectivity index is 0.00000151. The van der Waals surface area contributed by atoms with Gasteiger partial charge in [-0.2, -0.15) is 5.10 Å². The van der Waals surface area contributed by atoms with Crippen molar-refractivity contribution in [1.29, 1.82) is 0 Å². The van der Waals surface area contributed by atoms with E-state index in [1.807, 2.05) is 38.1 Å². The summed E-state index contributed by atoms with van der Waals surface area (Å²) in [6.07, 6.45) is 1.70. The highest BCUT2D eigenvalue weighted by Crippen LogP contribution is 2.15. The van der Waals surface area contributed by atoms with E-state index in [0.29, 0.717) is 11.7 Å². The second-order valence-electron chi connectivity index (χ2n) is 5.55. The summed E-state index contributed by atoms with van der Waals surface area (Å²) in [7, 11) is 2.06. The van der Waals surface area contributed by atoms with Gasteiger partial charge in [0.1, 0.15) is 0 Å². The summed E-state index contributed by atoms with van der Waals surface area (Å²) in [6, 6.07) is 15.1. The number of hydrogen-bond acceptors (Lipinski definition) is 4. The van der Waals surface area contributed by atoms with Gasteiger partial charge in [-0.05, 0) is 49.7 Å². The van der Waals surface area contributed by atoms with E-state index in [1.165, 1.54) is 0 Å². The number of carboxylic acids is 1. The molecule has 0 spiro atoms. The van der Waals surface area contributed by atoms with Gasteiger partial charge in [0.2, 0.25) is 0 Å². The maximum absolute atomic E-state index is 10.9. The van der Waals surface area contributed by atoms with Gasteiger partial charge in [0, 0.05) is 18.8 Å². The lowest BCUT2D eigenvalue weighted by atomic mass is 10.2. The van der Waals surface area contributed by atoms with E-state index in [-0.39, 0.29) is 5.56 Å². The number of nitrogens with one attached hydrogen (secondary N) is 1. The van der Waals surface area contributed by atoms with E-state index in [9.17, 15) is 4.79 Å². The molecule has 25 heavy (non-hydrogen) atoms. The molecular weight excluding hydrogens is 314 g/mol. The average Bonchev–Trinajstić information content (AvgIpc) is 2.63. The lowest BCUT2D eigenvalue weighted by Crippen LogP contribution is -2.25. The first kappa shape index (κ1) is 20.2. The molecule has 0 amide bonds. The Hall–Kier alpha value is -2.82. The molecule has 2 aromatic carbocycles. The summed E-state index contributed by atoms with van der Waals surface area (Å²) in [5.41, 5.74) is 5.82. The van der Waals surface area contributed by atoms with E-state index in [1.54, 1.807) is 30.5 Å². The Morgan fingerprint density at radius 1 is 1.16 bits per heavy atom. The highest BCUT2D eigenvalue weighted by Gasteiger charge is 2.04. The molecule has 5 heteroatoms. The Kier molecular flexibility index (Phi) is 8.19. The number of aromatic carboxylic acids is 1. The van der Waals surface area contributed by atoms with Crippen LogP contribution >= 0.6 is 0 Å². The minimum atomic E-state index is -0.956. The zero-order valence-electron chi connectivity index (χ0n) is 15.5. The first-order valence-corrected chi connectivity index (χ1v) is 8.42. The summed E-state index contributed by atoms with van der Waals surface area (Å²) in [4.78, 5) is 13.1. The van der Waals surface area contributed by atoms with Crippen molar-refractivity contribution in [2.75, 3.05) is 17.4 Å². The molecular formula is C20H27N3O2. The summed E-state index contributed by atoms with van der Waals surface area (Å²) in [5.74, 6) is -0.956. The van der Waals surface area contributed by atoms with Gasteiger partial charge >= 0.3 is 5.97 Å². The third kappa shape index (κ3) is 6.30. The van der Waals surface area contributed by atoms with Crippen molar-refractivity contribution in [2.24, 2.45) is 5.10 Å². The molecule has 5 nitrogen and oxygen atoms in total. The van der Waals surface area contributed by atoms with E-state index in [2.05, 4.69) is 36.3 Å². The number of hydrogen-bond donors (Lipinski definition) is 2. The molecule has 0 radical (unpaired) electrons. The predicted molar refractivity (Wildman–Crippen MR) is 106 cm³/mol. The number of carbonyl (C=O) groups is 1. The van der Waals surface area contributed by atoms with Crippen molar-refractivity contribution in [1.82, 2.24) is 0 Å². The molecule has 0 aliphatic carbocycles. The monoisotopic (exact) mass is 341 g/mol. The number of hydrazone groups is 1. The molecule has 0 aromatic heterocycles. The molecule has 0 saturated heterocycles. The van der Waals surface area contributed by atoms with Crippen molar-refractivity contribution >= 4 is 23.6 Å². The fraction of sp³-hybridized carbons (Fsp3) is 0.300. The molecule has 134 valence electrons. The van der Waals surface area contributed by atoms with Gasteiger partial charge in [-0.1, -0.05) is 32.0 Å². The number of rotatable bonds is 6. The Bertz CT molecular complexity index is 694. The average molecular weight is 341 g/mol. The van der Waals surface area contributed by atoms with Crippen LogP contribution in [0, 0.1) is 0 Å². The van der Waals surface area contributed by atoms with Gasteiger partial charge in [-0.15, -0.1) is 0 Å². The lowest BCUT2D eigenvalue weighted by Gasteiger charge is -2.23. The molecule has 2 N–H and O–H groups in total. The van der Waals surface area contributed by atoms with Crippen LogP contribution in [0.1, 0.15) is 43.6 Å². The van der Waals surface area contributed by atoms with E-state index >= 15 is 0 Å². The molecule has 0 heterocycles. The maximum Gasteiger partial charge on any atom is 0.335 e. The van der Waals surface area contributed by atoms with Crippen LogP contribution in [-0.2, 0) is 0 Å².